The molecule has 0 saturated heterocycles. The van der Waals surface area contributed by atoms with Crippen molar-refractivity contribution in [1.82, 2.24) is 0 Å². The maximum Gasteiger partial charge on any atom is 0 e. The Morgan fingerprint density at radius 1 is 1.00 bits per heavy atom. The van der Waals surface area contributed by atoms with Crippen LogP contribution in [0.2, 0.25) is 0 Å². The summed E-state index contributed by atoms with van der Waals surface area (Å²) in [6.07, 6.45) is 9.44. The van der Waals surface area contributed by atoms with E-state index in [0.717, 1.165) is 6.42 Å². The first kappa shape index (κ1) is 11.0. The average molecular weight is 199 g/mol. The zero-order valence-electron chi connectivity index (χ0n) is 5.35. The van der Waals surface area contributed by atoms with Gasteiger partial charge in [-0.15, -0.1) is 0 Å². The second-order valence-electron chi connectivity index (χ2n) is 1.37. The molecular formula is C7H12Rh. The van der Waals surface area contributed by atoms with Crippen molar-refractivity contribution in [3.05, 3.63) is 24.3 Å². The van der Waals surface area contributed by atoms with Crippen LogP contribution in [-0.2, 0) is 19.5 Å². The molecule has 0 aromatic rings. The van der Waals surface area contributed by atoms with E-state index >= 15 is 0 Å². The van der Waals surface area contributed by atoms with E-state index in [-0.39, 0.29) is 19.5 Å². The molecule has 0 nitrogen and oxygen atoms in total. The molecule has 0 aliphatic rings. The van der Waals surface area contributed by atoms with E-state index < -0.39 is 0 Å². The summed E-state index contributed by atoms with van der Waals surface area (Å²) in [5.74, 6) is 0. The van der Waals surface area contributed by atoms with Gasteiger partial charge >= 0.3 is 0 Å². The van der Waals surface area contributed by atoms with Gasteiger partial charge in [0.25, 0.3) is 0 Å². The van der Waals surface area contributed by atoms with Gasteiger partial charge in [-0.3, -0.25) is 0 Å². The predicted molar refractivity (Wildman–Crippen MR) is 34.2 cm³/mol. The van der Waals surface area contributed by atoms with Gasteiger partial charge in [-0.1, -0.05) is 24.3 Å². The molecule has 49 valence electrons. The third kappa shape index (κ3) is 9.44. The second-order valence-corrected chi connectivity index (χ2v) is 1.37. The maximum atomic E-state index is 2.12. The summed E-state index contributed by atoms with van der Waals surface area (Å²) in [6, 6.07) is 0. The molecule has 0 saturated carbocycles. The number of hydrogen-bond donors (Lipinski definition) is 0. The van der Waals surface area contributed by atoms with Crippen LogP contribution in [0.25, 0.3) is 0 Å². The van der Waals surface area contributed by atoms with E-state index in [1.807, 2.05) is 13.8 Å². The van der Waals surface area contributed by atoms with Crippen molar-refractivity contribution in [2.24, 2.45) is 0 Å². The van der Waals surface area contributed by atoms with Crippen LogP contribution in [0.3, 0.4) is 0 Å². The fraction of sp³-hybridized carbons (Fsp3) is 0.429. The standard InChI is InChI=1S/C7H12.Rh/c1-3-5-7-6-4-2;/h3-6H,7H2,1-2H3;. The van der Waals surface area contributed by atoms with Crippen LogP contribution < -0.4 is 0 Å². The second kappa shape index (κ2) is 10.2. The van der Waals surface area contributed by atoms with E-state index in [4.69, 9.17) is 0 Å². The van der Waals surface area contributed by atoms with Crippen molar-refractivity contribution >= 4 is 0 Å². The summed E-state index contributed by atoms with van der Waals surface area (Å²) in [6.45, 7) is 4.06. The monoisotopic (exact) mass is 199 g/mol. The Kier molecular flexibility index (Phi) is 13.9. The quantitative estimate of drug-likeness (QED) is 0.473. The minimum Gasteiger partial charge on any atom is -0.0914 e. The Hall–Kier alpha value is 0.103. The van der Waals surface area contributed by atoms with Gasteiger partial charge in [0, 0.05) is 19.5 Å². The summed E-state index contributed by atoms with van der Waals surface area (Å²) in [5, 5.41) is 0. The fourth-order valence-electron chi connectivity index (χ4n) is 0.351. The molecule has 0 amide bonds. The molecule has 0 unspecified atom stereocenters. The number of allylic oxidation sites excluding steroid dienone is 4. The molecule has 0 bridgehead atoms. The van der Waals surface area contributed by atoms with Gasteiger partial charge in [0.15, 0.2) is 0 Å². The number of hydrogen-bond acceptors (Lipinski definition) is 0. The Morgan fingerprint density at radius 2 is 1.38 bits per heavy atom. The van der Waals surface area contributed by atoms with Crippen molar-refractivity contribution in [3.8, 4) is 0 Å². The SMILES string of the molecule is CC=CCC=CC.[Rh]. The molecule has 0 heterocycles. The zero-order valence-corrected chi connectivity index (χ0v) is 6.99. The van der Waals surface area contributed by atoms with E-state index in [1.165, 1.54) is 0 Å². The molecule has 0 aliphatic heterocycles. The Labute approximate surface area is 64.4 Å². The minimum absolute atomic E-state index is 0. The first-order chi connectivity index (χ1) is 3.41. The van der Waals surface area contributed by atoms with Gasteiger partial charge in [0.1, 0.15) is 0 Å². The van der Waals surface area contributed by atoms with E-state index in [0.29, 0.717) is 0 Å². The van der Waals surface area contributed by atoms with Crippen LogP contribution in [0.15, 0.2) is 24.3 Å². The fourth-order valence-corrected chi connectivity index (χ4v) is 0.351. The van der Waals surface area contributed by atoms with Gasteiger partial charge in [0.05, 0.1) is 0 Å². The Morgan fingerprint density at radius 3 is 1.62 bits per heavy atom. The van der Waals surface area contributed by atoms with E-state index in [9.17, 15) is 0 Å². The van der Waals surface area contributed by atoms with Crippen LogP contribution >= 0.6 is 0 Å². The normalized spacial score (nSPS) is 10.2. The predicted octanol–water partition coefficient (Wildman–Crippen LogP) is 2.53. The smallest absolute Gasteiger partial charge is 0 e. The van der Waals surface area contributed by atoms with Crippen molar-refractivity contribution in [2.45, 2.75) is 20.3 Å². The van der Waals surface area contributed by atoms with Gasteiger partial charge in [-0.2, -0.15) is 0 Å². The van der Waals surface area contributed by atoms with Crippen LogP contribution in [0, 0.1) is 0 Å². The van der Waals surface area contributed by atoms with Crippen LogP contribution in [0.1, 0.15) is 20.3 Å². The van der Waals surface area contributed by atoms with Gasteiger partial charge in [-0.25, -0.2) is 0 Å². The average Bonchev–Trinajstić information content (AvgIpc) is 1.69. The Balaban J connectivity index is 0. The molecule has 1 heteroatoms. The summed E-state index contributed by atoms with van der Waals surface area (Å²) in [5.41, 5.74) is 0. The molecule has 8 heavy (non-hydrogen) atoms. The van der Waals surface area contributed by atoms with E-state index in [2.05, 4.69) is 24.3 Å². The molecule has 0 aromatic carbocycles. The van der Waals surface area contributed by atoms with Crippen molar-refractivity contribution in [2.75, 3.05) is 0 Å². The first-order valence-electron chi connectivity index (χ1n) is 2.64. The molecule has 0 aromatic heterocycles. The summed E-state index contributed by atoms with van der Waals surface area (Å²) >= 11 is 0. The van der Waals surface area contributed by atoms with Crippen molar-refractivity contribution in [3.63, 3.8) is 0 Å². The zero-order chi connectivity index (χ0) is 5.54. The molecule has 1 radical (unpaired) electrons. The van der Waals surface area contributed by atoms with Crippen LogP contribution in [0.5, 0.6) is 0 Å². The third-order valence-electron chi connectivity index (χ3n) is 0.744. The number of rotatable bonds is 2. The van der Waals surface area contributed by atoms with Crippen LogP contribution in [0.4, 0.5) is 0 Å². The van der Waals surface area contributed by atoms with Crippen LogP contribution in [-0.4, -0.2) is 0 Å². The Bertz CT molecular complexity index is 62.5. The summed E-state index contributed by atoms with van der Waals surface area (Å²) in [4.78, 5) is 0. The molecule has 0 N–H and O–H groups in total. The molecule has 0 aliphatic carbocycles. The third-order valence-corrected chi connectivity index (χ3v) is 0.744. The van der Waals surface area contributed by atoms with Crippen molar-refractivity contribution in [1.29, 1.82) is 0 Å². The molecule has 0 atom stereocenters. The molecule has 0 rings (SSSR count). The van der Waals surface area contributed by atoms with E-state index in [1.54, 1.807) is 0 Å². The molecule has 0 spiro atoms. The maximum absolute atomic E-state index is 2.12. The molecular weight excluding hydrogens is 187 g/mol. The van der Waals surface area contributed by atoms with Gasteiger partial charge in [0.2, 0.25) is 0 Å². The van der Waals surface area contributed by atoms with Gasteiger partial charge in [-0.05, 0) is 20.3 Å². The van der Waals surface area contributed by atoms with Crippen molar-refractivity contribution < 1.29 is 19.5 Å². The molecule has 0 fully saturated rings. The minimum atomic E-state index is 0. The largest absolute Gasteiger partial charge is 0.0914 e. The first-order valence-corrected chi connectivity index (χ1v) is 2.64. The summed E-state index contributed by atoms with van der Waals surface area (Å²) < 4.78 is 0. The topological polar surface area (TPSA) is 0 Å². The van der Waals surface area contributed by atoms with Gasteiger partial charge < -0.3 is 0 Å². The summed E-state index contributed by atoms with van der Waals surface area (Å²) in [7, 11) is 0.